The SMILES string of the molecule is CCOCCCC(N)Cc1cc(C)nn1CC. The van der Waals surface area contributed by atoms with Crippen molar-refractivity contribution in [1.29, 1.82) is 0 Å². The van der Waals surface area contributed by atoms with Gasteiger partial charge in [-0.25, -0.2) is 0 Å². The van der Waals surface area contributed by atoms with Gasteiger partial charge < -0.3 is 10.5 Å². The average molecular weight is 239 g/mol. The molecule has 1 heterocycles. The predicted octanol–water partition coefficient (Wildman–Crippen LogP) is 1.90. The monoisotopic (exact) mass is 239 g/mol. The summed E-state index contributed by atoms with van der Waals surface area (Å²) in [5.41, 5.74) is 8.44. The van der Waals surface area contributed by atoms with Gasteiger partial charge in [-0.05, 0) is 39.7 Å². The summed E-state index contributed by atoms with van der Waals surface area (Å²) in [6.45, 7) is 8.66. The molecule has 0 radical (unpaired) electrons. The van der Waals surface area contributed by atoms with Crippen LogP contribution in [0.4, 0.5) is 0 Å². The Morgan fingerprint density at radius 1 is 1.47 bits per heavy atom. The summed E-state index contributed by atoms with van der Waals surface area (Å²) in [5, 5.41) is 4.43. The summed E-state index contributed by atoms with van der Waals surface area (Å²) in [5.74, 6) is 0. The molecule has 1 aromatic rings. The molecule has 0 spiro atoms. The third kappa shape index (κ3) is 4.88. The smallest absolute Gasteiger partial charge is 0.0596 e. The highest BCUT2D eigenvalue weighted by atomic mass is 16.5. The molecule has 0 bridgehead atoms. The number of hydrogen-bond acceptors (Lipinski definition) is 3. The zero-order valence-corrected chi connectivity index (χ0v) is 11.3. The number of nitrogens with zero attached hydrogens (tertiary/aromatic N) is 2. The Morgan fingerprint density at radius 2 is 2.24 bits per heavy atom. The molecule has 0 saturated carbocycles. The topological polar surface area (TPSA) is 53.1 Å². The molecule has 0 aromatic carbocycles. The van der Waals surface area contributed by atoms with Gasteiger partial charge in [0.2, 0.25) is 0 Å². The molecule has 0 aliphatic heterocycles. The zero-order valence-electron chi connectivity index (χ0n) is 11.3. The molecule has 0 amide bonds. The first-order chi connectivity index (χ1) is 8.17. The molecule has 1 unspecified atom stereocenters. The minimum atomic E-state index is 0.205. The number of nitrogens with two attached hydrogens (primary N) is 1. The van der Waals surface area contributed by atoms with Gasteiger partial charge in [0.25, 0.3) is 0 Å². The van der Waals surface area contributed by atoms with Crippen LogP contribution in [0.5, 0.6) is 0 Å². The van der Waals surface area contributed by atoms with Crippen LogP contribution in [0, 0.1) is 6.92 Å². The first-order valence-corrected chi connectivity index (χ1v) is 6.54. The van der Waals surface area contributed by atoms with Crippen molar-refractivity contribution in [2.45, 2.75) is 52.6 Å². The molecule has 1 aromatic heterocycles. The van der Waals surface area contributed by atoms with Gasteiger partial charge in [-0.1, -0.05) is 0 Å². The molecule has 0 aliphatic rings. The molecule has 98 valence electrons. The Morgan fingerprint density at radius 3 is 2.88 bits per heavy atom. The first kappa shape index (κ1) is 14.2. The van der Waals surface area contributed by atoms with Gasteiger partial charge in [-0.15, -0.1) is 0 Å². The van der Waals surface area contributed by atoms with Crippen molar-refractivity contribution in [3.05, 3.63) is 17.5 Å². The summed E-state index contributed by atoms with van der Waals surface area (Å²) in [6.07, 6.45) is 2.95. The molecule has 1 atom stereocenters. The second-order valence-electron chi connectivity index (χ2n) is 4.40. The van der Waals surface area contributed by atoms with Crippen molar-refractivity contribution >= 4 is 0 Å². The number of aryl methyl sites for hydroxylation is 2. The lowest BCUT2D eigenvalue weighted by Gasteiger charge is -2.12. The van der Waals surface area contributed by atoms with Crippen LogP contribution in [0.2, 0.25) is 0 Å². The van der Waals surface area contributed by atoms with E-state index in [1.807, 2.05) is 18.5 Å². The fourth-order valence-corrected chi connectivity index (χ4v) is 2.00. The maximum atomic E-state index is 6.12. The van der Waals surface area contributed by atoms with Crippen molar-refractivity contribution in [3.63, 3.8) is 0 Å². The van der Waals surface area contributed by atoms with E-state index in [0.29, 0.717) is 0 Å². The quantitative estimate of drug-likeness (QED) is 0.705. The first-order valence-electron chi connectivity index (χ1n) is 6.54. The number of aromatic nitrogens is 2. The van der Waals surface area contributed by atoms with Crippen molar-refractivity contribution in [2.75, 3.05) is 13.2 Å². The molecule has 4 nitrogen and oxygen atoms in total. The van der Waals surface area contributed by atoms with E-state index in [2.05, 4.69) is 18.1 Å². The Bertz CT molecular complexity index is 322. The minimum absolute atomic E-state index is 0.205. The van der Waals surface area contributed by atoms with Gasteiger partial charge in [0.15, 0.2) is 0 Å². The van der Waals surface area contributed by atoms with Crippen LogP contribution in [0.25, 0.3) is 0 Å². The average Bonchev–Trinajstić information content (AvgIpc) is 2.65. The van der Waals surface area contributed by atoms with E-state index in [0.717, 1.165) is 44.7 Å². The third-order valence-corrected chi connectivity index (χ3v) is 2.82. The van der Waals surface area contributed by atoms with E-state index in [1.54, 1.807) is 0 Å². The Hall–Kier alpha value is -0.870. The Labute approximate surface area is 104 Å². The minimum Gasteiger partial charge on any atom is -0.382 e. The van der Waals surface area contributed by atoms with Crippen LogP contribution in [-0.2, 0) is 17.7 Å². The van der Waals surface area contributed by atoms with E-state index in [4.69, 9.17) is 10.5 Å². The molecular formula is C13H25N3O. The number of ether oxygens (including phenoxy) is 1. The second kappa shape index (κ2) is 7.45. The Balaban J connectivity index is 2.36. The maximum absolute atomic E-state index is 6.12. The van der Waals surface area contributed by atoms with E-state index >= 15 is 0 Å². The van der Waals surface area contributed by atoms with E-state index in [9.17, 15) is 0 Å². The fourth-order valence-electron chi connectivity index (χ4n) is 2.00. The summed E-state index contributed by atoms with van der Waals surface area (Å²) in [7, 11) is 0. The molecule has 0 saturated heterocycles. The van der Waals surface area contributed by atoms with Crippen LogP contribution in [-0.4, -0.2) is 29.0 Å². The standard InChI is InChI=1S/C13H25N3O/c1-4-16-13(9-11(3)15-16)10-12(14)7-6-8-17-5-2/h9,12H,4-8,10,14H2,1-3H3. The summed E-state index contributed by atoms with van der Waals surface area (Å²) >= 11 is 0. The van der Waals surface area contributed by atoms with Crippen LogP contribution in [0.3, 0.4) is 0 Å². The molecular weight excluding hydrogens is 214 g/mol. The van der Waals surface area contributed by atoms with Crippen molar-refractivity contribution in [1.82, 2.24) is 9.78 Å². The second-order valence-corrected chi connectivity index (χ2v) is 4.40. The lowest BCUT2D eigenvalue weighted by atomic mass is 10.1. The van der Waals surface area contributed by atoms with Gasteiger partial charge in [-0.3, -0.25) is 4.68 Å². The molecule has 4 heteroatoms. The van der Waals surface area contributed by atoms with Gasteiger partial charge in [-0.2, -0.15) is 5.10 Å². The highest BCUT2D eigenvalue weighted by Crippen LogP contribution is 2.08. The Kier molecular flexibility index (Phi) is 6.22. The van der Waals surface area contributed by atoms with E-state index < -0.39 is 0 Å². The summed E-state index contributed by atoms with van der Waals surface area (Å²) in [6, 6.07) is 2.34. The molecule has 1 rings (SSSR count). The zero-order chi connectivity index (χ0) is 12.7. The fraction of sp³-hybridized carbons (Fsp3) is 0.769. The maximum Gasteiger partial charge on any atom is 0.0596 e. The van der Waals surface area contributed by atoms with E-state index in [1.165, 1.54) is 5.69 Å². The summed E-state index contributed by atoms with van der Waals surface area (Å²) < 4.78 is 7.35. The van der Waals surface area contributed by atoms with Crippen molar-refractivity contribution < 1.29 is 4.74 Å². The third-order valence-electron chi connectivity index (χ3n) is 2.82. The van der Waals surface area contributed by atoms with Crippen molar-refractivity contribution in [3.8, 4) is 0 Å². The lowest BCUT2D eigenvalue weighted by Crippen LogP contribution is -2.24. The van der Waals surface area contributed by atoms with Crippen molar-refractivity contribution in [2.24, 2.45) is 5.73 Å². The number of hydrogen-bond donors (Lipinski definition) is 1. The lowest BCUT2D eigenvalue weighted by molar-refractivity contribution is 0.142. The largest absolute Gasteiger partial charge is 0.382 e. The van der Waals surface area contributed by atoms with E-state index in [-0.39, 0.29) is 6.04 Å². The summed E-state index contributed by atoms with van der Waals surface area (Å²) in [4.78, 5) is 0. The normalized spacial score (nSPS) is 12.9. The van der Waals surface area contributed by atoms with Crippen LogP contribution in [0.1, 0.15) is 38.1 Å². The molecule has 2 N–H and O–H groups in total. The molecule has 0 aliphatic carbocycles. The van der Waals surface area contributed by atoms with Gasteiger partial charge in [0.1, 0.15) is 0 Å². The van der Waals surface area contributed by atoms with Gasteiger partial charge >= 0.3 is 0 Å². The van der Waals surface area contributed by atoms with Crippen LogP contribution in [0.15, 0.2) is 6.07 Å². The van der Waals surface area contributed by atoms with Gasteiger partial charge in [0.05, 0.1) is 5.69 Å². The van der Waals surface area contributed by atoms with Crippen LogP contribution >= 0.6 is 0 Å². The predicted molar refractivity (Wildman–Crippen MR) is 70.0 cm³/mol. The van der Waals surface area contributed by atoms with Gasteiger partial charge in [0, 0.05) is 37.9 Å². The molecule has 0 fully saturated rings. The molecule has 17 heavy (non-hydrogen) atoms. The number of rotatable bonds is 8. The highest BCUT2D eigenvalue weighted by molar-refractivity contribution is 5.10. The van der Waals surface area contributed by atoms with Crippen LogP contribution < -0.4 is 5.73 Å². The highest BCUT2D eigenvalue weighted by Gasteiger charge is 2.09.